The maximum atomic E-state index is 13.3. The second kappa shape index (κ2) is 6.53. The summed E-state index contributed by atoms with van der Waals surface area (Å²) in [5.41, 5.74) is 2.04. The molecule has 3 aromatic rings. The van der Waals surface area contributed by atoms with Crippen LogP contribution in [-0.2, 0) is 6.42 Å². The number of benzene rings is 1. The maximum Gasteiger partial charge on any atom is 0.410 e. The van der Waals surface area contributed by atoms with Crippen LogP contribution in [0.3, 0.4) is 0 Å². The molecule has 4 rings (SSSR count). The van der Waals surface area contributed by atoms with E-state index >= 15 is 0 Å². The normalized spacial score (nSPS) is 19.3. The highest BCUT2D eigenvalue weighted by Gasteiger charge is 2.33. The zero-order valence-electron chi connectivity index (χ0n) is 13.6. The molecule has 2 aromatic heterocycles. The quantitative estimate of drug-likeness (QED) is 0.722. The van der Waals surface area contributed by atoms with Crippen molar-refractivity contribution in [3.05, 3.63) is 46.9 Å². The van der Waals surface area contributed by atoms with E-state index in [1.807, 2.05) is 18.2 Å². The Morgan fingerprint density at radius 1 is 1.38 bits per heavy atom. The molecule has 2 heterocycles. The van der Waals surface area contributed by atoms with Crippen molar-refractivity contribution in [3.8, 4) is 0 Å². The summed E-state index contributed by atoms with van der Waals surface area (Å²) < 4.78 is 15.0. The fourth-order valence-electron chi connectivity index (χ4n) is 3.18. The van der Waals surface area contributed by atoms with Crippen LogP contribution >= 0.6 is 11.6 Å². The molecular formula is C17H15ClFN5O2. The minimum Gasteiger partial charge on any atom is -0.465 e. The molecule has 1 fully saturated rings. The average molecular weight is 376 g/mol. The van der Waals surface area contributed by atoms with Gasteiger partial charge in [0.15, 0.2) is 5.65 Å². The molecule has 2 N–H and O–H groups in total. The summed E-state index contributed by atoms with van der Waals surface area (Å²) in [6, 6.07) is 7.25. The number of aromatic nitrogens is 4. The van der Waals surface area contributed by atoms with E-state index in [4.69, 9.17) is 16.7 Å². The highest BCUT2D eigenvalue weighted by molar-refractivity contribution is 6.30. The fraction of sp³-hybridized carbons (Fsp3) is 0.294. The second-order valence-electron chi connectivity index (χ2n) is 6.27. The highest BCUT2D eigenvalue weighted by Crippen LogP contribution is 2.37. The lowest BCUT2D eigenvalue weighted by molar-refractivity contribution is 0.130. The molecule has 0 saturated heterocycles. The number of amides is 1. The first-order valence-electron chi connectivity index (χ1n) is 8.12. The van der Waals surface area contributed by atoms with Crippen LogP contribution in [0, 0.1) is 0 Å². The van der Waals surface area contributed by atoms with E-state index in [0.29, 0.717) is 41.0 Å². The van der Waals surface area contributed by atoms with Crippen molar-refractivity contribution < 1.29 is 14.3 Å². The van der Waals surface area contributed by atoms with Gasteiger partial charge in [-0.25, -0.2) is 23.8 Å². The molecule has 134 valence electrons. The zero-order valence-corrected chi connectivity index (χ0v) is 14.3. The number of nitrogens with zero attached hydrogens (tertiary/aromatic N) is 4. The number of carbonyl (C=O) groups is 1. The molecule has 0 bridgehead atoms. The van der Waals surface area contributed by atoms with Gasteiger partial charge in [0.2, 0.25) is 0 Å². The Labute approximate surface area is 152 Å². The van der Waals surface area contributed by atoms with Crippen LogP contribution in [0.1, 0.15) is 30.1 Å². The number of hydrogen-bond acceptors (Lipinski definition) is 4. The maximum absolute atomic E-state index is 13.3. The number of anilines is 1. The number of nitrogens with one attached hydrogen (secondary N) is 1. The lowest BCUT2D eigenvalue weighted by atomic mass is 9.91. The molecule has 0 atom stereocenters. The van der Waals surface area contributed by atoms with Crippen molar-refractivity contribution in [3.63, 3.8) is 0 Å². The van der Waals surface area contributed by atoms with Gasteiger partial charge in [0.1, 0.15) is 18.3 Å². The third-order valence-corrected chi connectivity index (χ3v) is 4.68. The average Bonchev–Trinajstić information content (AvgIpc) is 2.91. The predicted molar refractivity (Wildman–Crippen MR) is 94.4 cm³/mol. The van der Waals surface area contributed by atoms with E-state index in [0.717, 1.165) is 5.56 Å². The fourth-order valence-corrected chi connectivity index (χ4v) is 3.39. The van der Waals surface area contributed by atoms with E-state index in [2.05, 4.69) is 20.4 Å². The predicted octanol–water partition coefficient (Wildman–Crippen LogP) is 3.83. The van der Waals surface area contributed by atoms with Crippen LogP contribution in [0.5, 0.6) is 0 Å². The summed E-state index contributed by atoms with van der Waals surface area (Å²) in [5.74, 6) is 0.168. The number of hydrogen-bond donors (Lipinski definition) is 2. The molecular weight excluding hydrogens is 361 g/mol. The van der Waals surface area contributed by atoms with Crippen LogP contribution in [-0.4, -0.2) is 37.1 Å². The van der Waals surface area contributed by atoms with Crippen LogP contribution in [0.2, 0.25) is 5.02 Å². The summed E-state index contributed by atoms with van der Waals surface area (Å²) in [4.78, 5) is 19.4. The lowest BCUT2D eigenvalue weighted by Gasteiger charge is -2.29. The Kier molecular flexibility index (Phi) is 4.20. The molecule has 7 nitrogen and oxygen atoms in total. The molecule has 0 unspecified atom stereocenters. The van der Waals surface area contributed by atoms with Crippen LogP contribution in [0.4, 0.5) is 15.0 Å². The van der Waals surface area contributed by atoms with E-state index in [-0.39, 0.29) is 11.9 Å². The van der Waals surface area contributed by atoms with Crippen LogP contribution in [0.15, 0.2) is 30.6 Å². The van der Waals surface area contributed by atoms with Crippen molar-refractivity contribution in [1.29, 1.82) is 0 Å². The van der Waals surface area contributed by atoms with E-state index < -0.39 is 12.3 Å². The number of alkyl halides is 1. The Morgan fingerprint density at radius 2 is 2.19 bits per heavy atom. The molecule has 1 amide bonds. The van der Waals surface area contributed by atoms with Gasteiger partial charge in [0.05, 0.1) is 17.1 Å². The standard InChI is InChI=1S/C17H15ClFN5O2/c18-10-3-1-2-9(4-10)5-13-14-15(22-17(25)26)20-8-21-16(14)24(23-13)12-6-11(19)7-12/h1-4,8,11-12H,5-7H2,(H,25,26)(H,20,21,22)/t11-,12+. The number of carboxylic acid groups (broad SMARTS) is 1. The largest absolute Gasteiger partial charge is 0.465 e. The smallest absolute Gasteiger partial charge is 0.410 e. The van der Waals surface area contributed by atoms with Gasteiger partial charge in [0, 0.05) is 24.3 Å². The van der Waals surface area contributed by atoms with Crippen LogP contribution in [0.25, 0.3) is 11.0 Å². The van der Waals surface area contributed by atoms with Gasteiger partial charge in [-0.15, -0.1) is 0 Å². The topological polar surface area (TPSA) is 92.9 Å². The van der Waals surface area contributed by atoms with E-state index in [1.54, 1.807) is 10.7 Å². The van der Waals surface area contributed by atoms with E-state index in [1.165, 1.54) is 6.33 Å². The van der Waals surface area contributed by atoms with Crippen molar-refractivity contribution in [2.45, 2.75) is 31.5 Å². The summed E-state index contributed by atoms with van der Waals surface area (Å²) in [5, 5.41) is 17.1. The summed E-state index contributed by atoms with van der Waals surface area (Å²) >= 11 is 6.05. The SMILES string of the molecule is O=C(O)Nc1ncnc2c1c(Cc1cccc(Cl)c1)nn2[C@H]1C[C@@H](F)C1. The molecule has 1 aromatic carbocycles. The summed E-state index contributed by atoms with van der Waals surface area (Å²) in [6.45, 7) is 0. The first-order chi connectivity index (χ1) is 12.5. The second-order valence-corrected chi connectivity index (χ2v) is 6.71. The molecule has 9 heteroatoms. The molecule has 0 spiro atoms. The van der Waals surface area contributed by atoms with Crippen molar-refractivity contribution >= 4 is 34.5 Å². The molecule has 0 aliphatic heterocycles. The van der Waals surface area contributed by atoms with Gasteiger partial charge in [-0.1, -0.05) is 23.7 Å². The molecule has 1 aliphatic rings. The van der Waals surface area contributed by atoms with Crippen LogP contribution < -0.4 is 5.32 Å². The van der Waals surface area contributed by atoms with Crippen molar-refractivity contribution in [2.75, 3.05) is 5.32 Å². The molecule has 1 aliphatic carbocycles. The van der Waals surface area contributed by atoms with Crippen molar-refractivity contribution in [1.82, 2.24) is 19.7 Å². The van der Waals surface area contributed by atoms with Gasteiger partial charge in [0.25, 0.3) is 0 Å². The summed E-state index contributed by atoms with van der Waals surface area (Å²) in [7, 11) is 0. The van der Waals surface area contributed by atoms with Gasteiger partial charge < -0.3 is 5.11 Å². The minimum absolute atomic E-state index is 0.0896. The highest BCUT2D eigenvalue weighted by atomic mass is 35.5. The minimum atomic E-state index is -1.22. The molecule has 0 radical (unpaired) electrons. The monoisotopic (exact) mass is 375 g/mol. The van der Waals surface area contributed by atoms with Gasteiger partial charge in [-0.05, 0) is 17.7 Å². The van der Waals surface area contributed by atoms with Gasteiger partial charge >= 0.3 is 6.09 Å². The number of rotatable bonds is 4. The molecule has 1 saturated carbocycles. The lowest BCUT2D eigenvalue weighted by Crippen LogP contribution is -2.28. The zero-order chi connectivity index (χ0) is 18.3. The van der Waals surface area contributed by atoms with Crippen molar-refractivity contribution in [2.24, 2.45) is 0 Å². The van der Waals surface area contributed by atoms with E-state index in [9.17, 15) is 9.18 Å². The Balaban J connectivity index is 1.82. The van der Waals surface area contributed by atoms with Gasteiger partial charge in [-0.2, -0.15) is 5.10 Å². The Morgan fingerprint density at radius 3 is 2.88 bits per heavy atom. The third-order valence-electron chi connectivity index (χ3n) is 4.45. The first kappa shape index (κ1) is 16.7. The van der Waals surface area contributed by atoms with Gasteiger partial charge in [-0.3, -0.25) is 5.32 Å². The number of halogens is 2. The molecule has 26 heavy (non-hydrogen) atoms. The first-order valence-corrected chi connectivity index (χ1v) is 8.49. The Hall–Kier alpha value is -2.74. The third kappa shape index (κ3) is 3.08. The number of fused-ring (bicyclic) bond motifs is 1. The Bertz CT molecular complexity index is 986. The summed E-state index contributed by atoms with van der Waals surface area (Å²) in [6.07, 6.45) is 0.393.